The van der Waals surface area contributed by atoms with E-state index in [0.29, 0.717) is 39.8 Å². The molecule has 0 radical (unpaired) electrons. The first-order valence-electron chi connectivity index (χ1n) is 12.1. The highest BCUT2D eigenvalue weighted by atomic mass is 35.5. The summed E-state index contributed by atoms with van der Waals surface area (Å²) in [6.07, 6.45) is 1.13. The van der Waals surface area contributed by atoms with E-state index in [0.717, 1.165) is 23.2 Å². The number of hydrogen-bond donors (Lipinski definition) is 1. The zero-order valence-corrected chi connectivity index (χ0v) is 22.1. The zero-order valence-electron chi connectivity index (χ0n) is 21.4. The van der Waals surface area contributed by atoms with Gasteiger partial charge in [-0.3, -0.25) is 4.79 Å². The SMILES string of the molecule is CCOC(=O)C1=C(C)NC2=C(C(=O)CC(C)(C)C2)[C@@H]1c1ccc(OC)c(COc2ccccc2Cl)c1. The van der Waals surface area contributed by atoms with Crippen LogP contribution in [-0.2, 0) is 20.9 Å². The lowest BCUT2D eigenvalue weighted by atomic mass is 9.68. The maximum Gasteiger partial charge on any atom is 0.336 e. The number of carbonyl (C=O) groups excluding carboxylic acids is 2. The van der Waals surface area contributed by atoms with Crippen molar-refractivity contribution in [1.29, 1.82) is 0 Å². The predicted molar refractivity (Wildman–Crippen MR) is 139 cm³/mol. The molecule has 0 fully saturated rings. The summed E-state index contributed by atoms with van der Waals surface area (Å²) in [6.45, 7) is 8.26. The van der Waals surface area contributed by atoms with E-state index in [2.05, 4.69) is 19.2 Å². The van der Waals surface area contributed by atoms with Crippen molar-refractivity contribution in [2.45, 2.75) is 53.1 Å². The average Bonchev–Trinajstić information content (AvgIpc) is 2.81. The van der Waals surface area contributed by atoms with Crippen LogP contribution in [0.3, 0.4) is 0 Å². The summed E-state index contributed by atoms with van der Waals surface area (Å²) >= 11 is 6.27. The average molecular weight is 510 g/mol. The van der Waals surface area contributed by atoms with E-state index in [1.807, 2.05) is 37.3 Å². The molecule has 1 heterocycles. The standard InChI is InChI=1S/C29H32ClNO5/c1-6-35-28(33)25-17(2)31-21-14-29(3,4)15-22(32)27(21)26(25)18-11-12-23(34-5)19(13-18)16-36-24-10-8-7-9-20(24)30/h7-13,26,31H,6,14-16H2,1-5H3/t26-/m1/s1. The van der Waals surface area contributed by atoms with Gasteiger partial charge in [0.15, 0.2) is 5.78 Å². The number of esters is 1. The molecule has 1 N–H and O–H groups in total. The predicted octanol–water partition coefficient (Wildman–Crippen LogP) is 6.09. The van der Waals surface area contributed by atoms with Crippen molar-refractivity contribution in [2.24, 2.45) is 5.41 Å². The molecule has 2 aromatic carbocycles. The maximum atomic E-state index is 13.5. The van der Waals surface area contributed by atoms with Crippen molar-refractivity contribution in [3.8, 4) is 11.5 Å². The van der Waals surface area contributed by atoms with Gasteiger partial charge in [0.2, 0.25) is 0 Å². The van der Waals surface area contributed by atoms with Crippen molar-refractivity contribution in [3.63, 3.8) is 0 Å². The van der Waals surface area contributed by atoms with Crippen LogP contribution in [0.25, 0.3) is 0 Å². The first-order valence-corrected chi connectivity index (χ1v) is 12.5. The minimum atomic E-state index is -0.547. The van der Waals surface area contributed by atoms with E-state index in [4.69, 9.17) is 25.8 Å². The molecule has 7 heteroatoms. The normalized spacial score (nSPS) is 18.9. The van der Waals surface area contributed by atoms with Gasteiger partial charge in [0.05, 0.1) is 24.3 Å². The second-order valence-corrected chi connectivity index (χ2v) is 10.3. The van der Waals surface area contributed by atoms with E-state index in [9.17, 15) is 9.59 Å². The summed E-state index contributed by atoms with van der Waals surface area (Å²) < 4.78 is 17.0. The minimum absolute atomic E-state index is 0.0396. The van der Waals surface area contributed by atoms with Gasteiger partial charge in [-0.15, -0.1) is 0 Å². The second-order valence-electron chi connectivity index (χ2n) is 9.94. The van der Waals surface area contributed by atoms with Gasteiger partial charge in [-0.1, -0.05) is 43.6 Å². The maximum absolute atomic E-state index is 13.5. The third kappa shape index (κ3) is 5.14. The first kappa shape index (κ1) is 25.8. The topological polar surface area (TPSA) is 73.9 Å². The van der Waals surface area contributed by atoms with Crippen LogP contribution in [0.1, 0.15) is 57.6 Å². The number of carbonyl (C=O) groups is 2. The summed E-state index contributed by atoms with van der Waals surface area (Å²) in [5.41, 5.74) is 4.07. The van der Waals surface area contributed by atoms with Crippen molar-refractivity contribution in [1.82, 2.24) is 5.32 Å². The van der Waals surface area contributed by atoms with Crippen molar-refractivity contribution in [2.75, 3.05) is 13.7 Å². The van der Waals surface area contributed by atoms with Gasteiger partial charge in [-0.25, -0.2) is 4.79 Å². The van der Waals surface area contributed by atoms with Crippen LogP contribution >= 0.6 is 11.6 Å². The van der Waals surface area contributed by atoms with E-state index in [1.54, 1.807) is 26.2 Å². The Bertz CT molecular complexity index is 1260. The Morgan fingerprint density at radius 2 is 1.89 bits per heavy atom. The summed E-state index contributed by atoms with van der Waals surface area (Å²) in [5, 5.41) is 3.87. The number of para-hydroxylation sites is 1. The largest absolute Gasteiger partial charge is 0.496 e. The summed E-state index contributed by atoms with van der Waals surface area (Å²) in [6, 6.07) is 12.9. The fourth-order valence-electron chi connectivity index (χ4n) is 5.06. The quantitative estimate of drug-likeness (QED) is 0.455. The fraction of sp³-hybridized carbons (Fsp3) is 0.379. The van der Waals surface area contributed by atoms with Crippen LogP contribution in [0.15, 0.2) is 65.0 Å². The molecular formula is C29H32ClNO5. The number of Topliss-reactive ketones (excluding diaryl/α,β-unsaturated/α-hetero) is 1. The highest BCUT2D eigenvalue weighted by molar-refractivity contribution is 6.32. The van der Waals surface area contributed by atoms with Crippen LogP contribution in [0.5, 0.6) is 11.5 Å². The van der Waals surface area contributed by atoms with Gasteiger partial charge in [-0.05, 0) is 55.5 Å². The Labute approximate surface area is 217 Å². The van der Waals surface area contributed by atoms with Gasteiger partial charge in [0.25, 0.3) is 0 Å². The molecule has 1 aliphatic heterocycles. The monoisotopic (exact) mass is 509 g/mol. The summed E-state index contributed by atoms with van der Waals surface area (Å²) in [4.78, 5) is 26.6. The lowest BCUT2D eigenvalue weighted by Gasteiger charge is -2.39. The highest BCUT2D eigenvalue weighted by Gasteiger charge is 2.43. The van der Waals surface area contributed by atoms with E-state index >= 15 is 0 Å². The molecule has 2 aromatic rings. The number of ketones is 1. The Morgan fingerprint density at radius 3 is 2.58 bits per heavy atom. The van der Waals surface area contributed by atoms with Crippen LogP contribution in [0, 0.1) is 5.41 Å². The molecule has 6 nitrogen and oxygen atoms in total. The van der Waals surface area contributed by atoms with Gasteiger partial charge in [0.1, 0.15) is 18.1 Å². The number of ether oxygens (including phenoxy) is 3. The van der Waals surface area contributed by atoms with Gasteiger partial charge < -0.3 is 19.5 Å². The lowest BCUT2D eigenvalue weighted by molar-refractivity contribution is -0.138. The Kier molecular flexibility index (Phi) is 7.46. The highest BCUT2D eigenvalue weighted by Crippen LogP contribution is 2.47. The van der Waals surface area contributed by atoms with E-state index in [-0.39, 0.29) is 24.4 Å². The molecule has 190 valence electrons. The van der Waals surface area contributed by atoms with Crippen LogP contribution < -0.4 is 14.8 Å². The number of rotatable bonds is 7. The molecule has 36 heavy (non-hydrogen) atoms. The van der Waals surface area contributed by atoms with Crippen LogP contribution in [-0.4, -0.2) is 25.5 Å². The Morgan fingerprint density at radius 1 is 1.14 bits per heavy atom. The molecule has 0 saturated heterocycles. The fourth-order valence-corrected chi connectivity index (χ4v) is 5.25. The summed E-state index contributed by atoms with van der Waals surface area (Å²) in [7, 11) is 1.60. The number of hydrogen-bond acceptors (Lipinski definition) is 6. The molecular weight excluding hydrogens is 478 g/mol. The van der Waals surface area contributed by atoms with Crippen molar-refractivity contribution < 1.29 is 23.8 Å². The molecule has 4 rings (SSSR count). The van der Waals surface area contributed by atoms with Crippen LogP contribution in [0.4, 0.5) is 0 Å². The number of halogens is 1. The molecule has 1 atom stereocenters. The Hall–Kier alpha value is -3.25. The third-order valence-electron chi connectivity index (χ3n) is 6.59. The summed E-state index contributed by atoms with van der Waals surface area (Å²) in [5.74, 6) is 0.266. The molecule has 0 spiro atoms. The number of nitrogens with one attached hydrogen (secondary N) is 1. The van der Waals surface area contributed by atoms with Crippen LogP contribution in [0.2, 0.25) is 5.02 Å². The van der Waals surface area contributed by atoms with E-state index in [1.165, 1.54) is 0 Å². The van der Waals surface area contributed by atoms with Gasteiger partial charge >= 0.3 is 5.97 Å². The molecule has 2 aliphatic rings. The molecule has 0 aromatic heterocycles. The van der Waals surface area contributed by atoms with Crippen molar-refractivity contribution in [3.05, 3.63) is 81.2 Å². The number of methoxy groups -OCH3 is 1. The zero-order chi connectivity index (χ0) is 26.0. The Balaban J connectivity index is 1.80. The van der Waals surface area contributed by atoms with E-state index < -0.39 is 11.9 Å². The van der Waals surface area contributed by atoms with Gasteiger partial charge in [-0.2, -0.15) is 0 Å². The number of dihydropyridines is 1. The smallest absolute Gasteiger partial charge is 0.336 e. The molecule has 0 bridgehead atoms. The third-order valence-corrected chi connectivity index (χ3v) is 6.90. The lowest BCUT2D eigenvalue weighted by Crippen LogP contribution is -2.38. The minimum Gasteiger partial charge on any atom is -0.496 e. The molecule has 0 amide bonds. The van der Waals surface area contributed by atoms with Crippen molar-refractivity contribution >= 4 is 23.4 Å². The second kappa shape index (κ2) is 10.4. The molecule has 1 aliphatic carbocycles. The first-order chi connectivity index (χ1) is 17.1. The number of benzene rings is 2. The van der Waals surface area contributed by atoms with Gasteiger partial charge in [0, 0.05) is 34.9 Å². The molecule has 0 unspecified atom stereocenters. The molecule has 0 saturated carbocycles. The number of allylic oxidation sites excluding steroid dienone is 3.